The highest BCUT2D eigenvalue weighted by molar-refractivity contribution is 5.67. The van der Waals surface area contributed by atoms with Crippen LogP contribution in [0, 0.1) is 0 Å². The fourth-order valence-corrected chi connectivity index (χ4v) is 1.97. The van der Waals surface area contributed by atoms with Gasteiger partial charge in [0.25, 0.3) is 0 Å². The van der Waals surface area contributed by atoms with E-state index < -0.39 is 23.9 Å². The number of nitrogen functional groups attached to an aromatic ring is 1. The number of methoxy groups -OCH3 is 1. The molecule has 7 heteroatoms. The number of hydrogen-bond donors (Lipinski definition) is 4. The van der Waals surface area contributed by atoms with Gasteiger partial charge in [-0.05, 0) is 33.3 Å². The number of amides is 1. The Kier molecular flexibility index (Phi) is 6.65. The van der Waals surface area contributed by atoms with Crippen LogP contribution in [-0.4, -0.2) is 41.7 Å². The van der Waals surface area contributed by atoms with Gasteiger partial charge in [-0.2, -0.15) is 0 Å². The van der Waals surface area contributed by atoms with Crippen LogP contribution in [0.4, 0.5) is 10.5 Å². The van der Waals surface area contributed by atoms with Gasteiger partial charge in [-0.1, -0.05) is 6.07 Å². The van der Waals surface area contributed by atoms with Gasteiger partial charge in [0.2, 0.25) is 0 Å². The van der Waals surface area contributed by atoms with Crippen LogP contribution in [-0.2, 0) is 4.74 Å². The van der Waals surface area contributed by atoms with E-state index in [0.717, 1.165) is 0 Å². The molecule has 0 aliphatic carbocycles. The van der Waals surface area contributed by atoms with Gasteiger partial charge in [-0.3, -0.25) is 0 Å². The summed E-state index contributed by atoms with van der Waals surface area (Å²) in [6, 6.07) is 4.79. The van der Waals surface area contributed by atoms with Gasteiger partial charge in [0.1, 0.15) is 17.5 Å². The van der Waals surface area contributed by atoms with Gasteiger partial charge < -0.3 is 30.7 Å². The van der Waals surface area contributed by atoms with E-state index in [4.69, 9.17) is 15.2 Å². The lowest BCUT2D eigenvalue weighted by Crippen LogP contribution is -2.34. The molecule has 0 aromatic heterocycles. The van der Waals surface area contributed by atoms with E-state index in [1.165, 1.54) is 7.11 Å². The van der Waals surface area contributed by atoms with Crippen molar-refractivity contribution in [3.05, 3.63) is 23.8 Å². The van der Waals surface area contributed by atoms with E-state index in [1.54, 1.807) is 39.0 Å². The first kappa shape index (κ1) is 19.1. The highest BCUT2D eigenvalue weighted by Crippen LogP contribution is 2.30. The van der Waals surface area contributed by atoms with Crippen molar-refractivity contribution in [3.63, 3.8) is 0 Å². The van der Waals surface area contributed by atoms with Crippen molar-refractivity contribution in [3.8, 4) is 5.75 Å². The van der Waals surface area contributed by atoms with Crippen LogP contribution in [0.2, 0.25) is 0 Å². The second-order valence-electron chi connectivity index (χ2n) is 6.23. The summed E-state index contributed by atoms with van der Waals surface area (Å²) in [6.45, 7) is 5.46. The van der Waals surface area contributed by atoms with E-state index in [1.807, 2.05) is 0 Å². The predicted molar refractivity (Wildman–Crippen MR) is 87.2 cm³/mol. The quantitative estimate of drug-likeness (QED) is 0.590. The molecular formula is C16H26N2O5. The minimum absolute atomic E-state index is 0.161. The number of aliphatic hydroxyl groups is 2. The first-order valence-corrected chi connectivity index (χ1v) is 7.40. The zero-order chi connectivity index (χ0) is 17.6. The largest absolute Gasteiger partial charge is 0.496 e. The Balaban J connectivity index is 2.55. The predicted octanol–water partition coefficient (Wildman–Crippen LogP) is 1.59. The lowest BCUT2D eigenvalue weighted by atomic mass is 10.0. The number of rotatable bonds is 6. The molecule has 0 radical (unpaired) electrons. The third-order valence-corrected chi connectivity index (χ3v) is 3.05. The number of hydrogen-bond acceptors (Lipinski definition) is 6. The third-order valence-electron chi connectivity index (χ3n) is 3.05. The maximum absolute atomic E-state index is 11.5. The van der Waals surface area contributed by atoms with E-state index in [2.05, 4.69) is 5.32 Å². The molecule has 7 nitrogen and oxygen atoms in total. The molecule has 0 spiro atoms. The maximum Gasteiger partial charge on any atom is 0.407 e. The highest BCUT2D eigenvalue weighted by Gasteiger charge is 2.22. The third kappa shape index (κ3) is 6.33. The molecular weight excluding hydrogens is 300 g/mol. The average molecular weight is 326 g/mol. The SMILES string of the molecule is COc1cc(N)ccc1C(O)C(O)CCNC(=O)OC(C)(C)C. The Hall–Kier alpha value is -1.99. The van der Waals surface area contributed by atoms with Crippen LogP contribution in [0.5, 0.6) is 5.75 Å². The number of anilines is 1. The first-order valence-electron chi connectivity index (χ1n) is 7.40. The van der Waals surface area contributed by atoms with Gasteiger partial charge >= 0.3 is 6.09 Å². The van der Waals surface area contributed by atoms with Crippen LogP contribution in [0.1, 0.15) is 38.9 Å². The number of alkyl carbamates (subject to hydrolysis) is 1. The minimum atomic E-state index is -1.15. The monoisotopic (exact) mass is 326 g/mol. The lowest BCUT2D eigenvalue weighted by Gasteiger charge is -2.22. The van der Waals surface area contributed by atoms with Gasteiger partial charge in [0.05, 0.1) is 13.2 Å². The molecule has 0 saturated carbocycles. The summed E-state index contributed by atoms with van der Waals surface area (Å²) < 4.78 is 10.2. The molecule has 23 heavy (non-hydrogen) atoms. The molecule has 0 aliphatic rings. The molecule has 0 fully saturated rings. The summed E-state index contributed by atoms with van der Waals surface area (Å²) in [4.78, 5) is 11.5. The van der Waals surface area contributed by atoms with Gasteiger partial charge in [0, 0.05) is 23.9 Å². The Morgan fingerprint density at radius 2 is 2.00 bits per heavy atom. The number of aliphatic hydroxyl groups excluding tert-OH is 2. The number of benzene rings is 1. The highest BCUT2D eigenvalue weighted by atomic mass is 16.6. The maximum atomic E-state index is 11.5. The van der Waals surface area contributed by atoms with Crippen LogP contribution in [0.3, 0.4) is 0 Å². The van der Waals surface area contributed by atoms with E-state index in [0.29, 0.717) is 17.0 Å². The Morgan fingerprint density at radius 1 is 1.35 bits per heavy atom. The van der Waals surface area contributed by atoms with Crippen LogP contribution in [0.25, 0.3) is 0 Å². The Bertz CT molecular complexity index is 528. The molecule has 2 atom stereocenters. The molecule has 0 heterocycles. The number of carbonyl (C=O) groups is 1. The van der Waals surface area contributed by atoms with Crippen LogP contribution >= 0.6 is 0 Å². The molecule has 130 valence electrons. The number of nitrogens with one attached hydrogen (secondary N) is 1. The van der Waals surface area contributed by atoms with Gasteiger partial charge in [-0.15, -0.1) is 0 Å². The molecule has 0 saturated heterocycles. The second-order valence-corrected chi connectivity index (χ2v) is 6.23. The Labute approximate surface area is 136 Å². The van der Waals surface area contributed by atoms with Crippen molar-refractivity contribution in [2.45, 2.75) is 45.0 Å². The summed E-state index contributed by atoms with van der Waals surface area (Å²) in [6.07, 6.45) is -2.62. The molecule has 5 N–H and O–H groups in total. The molecule has 1 aromatic carbocycles. The summed E-state index contributed by atoms with van der Waals surface area (Å²) in [5.41, 5.74) is 6.01. The standard InChI is InChI=1S/C16H26N2O5/c1-16(2,3)23-15(21)18-8-7-12(19)14(20)11-6-5-10(17)9-13(11)22-4/h5-6,9,12,14,19-20H,7-8,17H2,1-4H3,(H,18,21). The fraction of sp³-hybridized carbons (Fsp3) is 0.562. The van der Waals surface area contributed by atoms with E-state index in [9.17, 15) is 15.0 Å². The fourth-order valence-electron chi connectivity index (χ4n) is 1.97. The smallest absolute Gasteiger partial charge is 0.407 e. The Morgan fingerprint density at radius 3 is 2.57 bits per heavy atom. The zero-order valence-corrected chi connectivity index (χ0v) is 14.0. The van der Waals surface area contributed by atoms with Gasteiger partial charge in [-0.25, -0.2) is 4.79 Å². The normalized spacial score (nSPS) is 14.0. The molecule has 0 bridgehead atoms. The van der Waals surface area contributed by atoms with E-state index in [-0.39, 0.29) is 13.0 Å². The summed E-state index contributed by atoms with van der Waals surface area (Å²) in [7, 11) is 1.46. The summed E-state index contributed by atoms with van der Waals surface area (Å²) >= 11 is 0. The average Bonchev–Trinajstić information content (AvgIpc) is 2.44. The van der Waals surface area contributed by atoms with Crippen LogP contribution in [0.15, 0.2) is 18.2 Å². The van der Waals surface area contributed by atoms with Crippen LogP contribution < -0.4 is 15.8 Å². The number of nitrogens with two attached hydrogens (primary N) is 1. The van der Waals surface area contributed by atoms with Gasteiger partial charge in [0.15, 0.2) is 0 Å². The zero-order valence-electron chi connectivity index (χ0n) is 14.0. The summed E-state index contributed by atoms with van der Waals surface area (Å²) in [5.74, 6) is 0.400. The molecule has 1 amide bonds. The topological polar surface area (TPSA) is 114 Å². The minimum Gasteiger partial charge on any atom is -0.496 e. The van der Waals surface area contributed by atoms with Crippen molar-refractivity contribution in [1.29, 1.82) is 0 Å². The molecule has 1 aromatic rings. The lowest BCUT2D eigenvalue weighted by molar-refractivity contribution is 0.0111. The van der Waals surface area contributed by atoms with Crippen molar-refractivity contribution in [2.24, 2.45) is 0 Å². The van der Waals surface area contributed by atoms with Crippen molar-refractivity contribution < 1.29 is 24.5 Å². The second kappa shape index (κ2) is 8.03. The number of carbonyl (C=O) groups excluding carboxylic acids is 1. The number of ether oxygens (including phenoxy) is 2. The van der Waals surface area contributed by atoms with Crippen molar-refractivity contribution in [1.82, 2.24) is 5.32 Å². The summed E-state index contributed by atoms with van der Waals surface area (Å²) in [5, 5.41) is 22.8. The first-order chi connectivity index (χ1) is 10.6. The molecule has 0 aliphatic heterocycles. The molecule has 1 rings (SSSR count). The van der Waals surface area contributed by atoms with E-state index >= 15 is 0 Å². The molecule has 2 unspecified atom stereocenters. The van der Waals surface area contributed by atoms with Crippen molar-refractivity contribution >= 4 is 11.8 Å². The van der Waals surface area contributed by atoms with Crippen molar-refractivity contribution in [2.75, 3.05) is 19.4 Å².